The number of nitrogens with zero attached hydrogens (tertiary/aromatic N) is 1. The monoisotopic (exact) mass is 807 g/mol. The van der Waals surface area contributed by atoms with Gasteiger partial charge in [0.25, 0.3) is 0 Å². The van der Waals surface area contributed by atoms with E-state index in [-0.39, 0.29) is 42.5 Å². The number of aliphatic hydroxyl groups is 1. The Morgan fingerprint density at radius 3 is 2.15 bits per heavy atom. The standard InChI is InChI=1S/C30H18F2N.C11H20O2.Ir/c1-30(2)24-12-17-6-4-3-5-16(17)11-23(24)29-28-20(9-10-33-29)19-8-7-18-13-26(31)27(32)15-21(18)22(19)14-25(28)30;1-10(2,3)8(12)7-9(13)11(4,5)6;/h3-10,12-15H,1-2H3;7,12H,1-6H3;/q-1;;/b;8-7-;. The molecule has 1 aliphatic carbocycles. The Hall–Kier alpha value is -3.99. The molecule has 0 fully saturated rings. The molecule has 6 aromatic rings. The largest absolute Gasteiger partial charge is 0.512 e. The molecule has 1 aromatic heterocycles. The maximum Gasteiger partial charge on any atom is 0.164 e. The SMILES string of the molecule is CC(C)(C)C(=O)/C=C(\O)C(C)(C)C.CC1(C)c2cc3ccccc3[c-]c2-c2nccc3c2c1cc1c2cc(F)c(F)cc2ccc31.[Ir]. The molecule has 7 rings (SSSR count). The van der Waals surface area contributed by atoms with E-state index >= 15 is 0 Å². The summed E-state index contributed by atoms with van der Waals surface area (Å²) in [6.07, 6.45) is 3.17. The Labute approximate surface area is 288 Å². The third kappa shape index (κ3) is 5.98. The van der Waals surface area contributed by atoms with Crippen molar-refractivity contribution >= 4 is 48.9 Å². The fourth-order valence-corrected chi connectivity index (χ4v) is 6.14. The first-order valence-corrected chi connectivity index (χ1v) is 15.5. The van der Waals surface area contributed by atoms with Gasteiger partial charge in [-0.3, -0.25) is 9.78 Å². The first-order valence-electron chi connectivity index (χ1n) is 15.5. The van der Waals surface area contributed by atoms with Crippen LogP contribution in [0.4, 0.5) is 8.78 Å². The van der Waals surface area contributed by atoms with Crippen LogP contribution in [-0.4, -0.2) is 15.9 Å². The maximum atomic E-state index is 14.3. The van der Waals surface area contributed by atoms with Gasteiger partial charge in [-0.2, -0.15) is 0 Å². The average Bonchev–Trinajstić information content (AvgIpc) is 2.99. The summed E-state index contributed by atoms with van der Waals surface area (Å²) in [7, 11) is 0. The number of benzene rings is 5. The third-order valence-corrected chi connectivity index (χ3v) is 9.05. The number of carbonyl (C=O) groups excluding carboxylic acids is 1. The molecule has 1 N–H and O–H groups in total. The second-order valence-electron chi connectivity index (χ2n) is 14.8. The van der Waals surface area contributed by atoms with Crippen LogP contribution in [0.3, 0.4) is 0 Å². The number of rotatable bonds is 1. The molecule has 5 aromatic carbocycles. The quantitative estimate of drug-likeness (QED) is 0.0779. The summed E-state index contributed by atoms with van der Waals surface area (Å²) in [5.41, 5.74) is 3.19. The zero-order valence-corrected chi connectivity index (χ0v) is 30.3. The number of ketones is 1. The predicted octanol–water partition coefficient (Wildman–Crippen LogP) is 11.2. The molecular formula is C41H38F2IrNO2-. The minimum absolute atomic E-state index is 0. The fourth-order valence-electron chi connectivity index (χ4n) is 6.14. The molecule has 0 spiro atoms. The van der Waals surface area contributed by atoms with Gasteiger partial charge in [0.05, 0.1) is 0 Å². The number of aliphatic hydroxyl groups excluding tert-OH is 1. The normalized spacial score (nSPS) is 14.0. The molecule has 0 bridgehead atoms. The van der Waals surface area contributed by atoms with Crippen LogP contribution >= 0.6 is 0 Å². The van der Waals surface area contributed by atoms with Crippen LogP contribution in [0.5, 0.6) is 0 Å². The van der Waals surface area contributed by atoms with Gasteiger partial charge in [-0.15, -0.1) is 23.6 Å². The number of carbonyl (C=O) groups is 1. The van der Waals surface area contributed by atoms with E-state index in [0.717, 1.165) is 54.5 Å². The molecule has 3 nitrogen and oxygen atoms in total. The Morgan fingerprint density at radius 2 is 1.47 bits per heavy atom. The summed E-state index contributed by atoms with van der Waals surface area (Å²) < 4.78 is 28.2. The van der Waals surface area contributed by atoms with Gasteiger partial charge in [0, 0.05) is 48.9 Å². The zero-order valence-electron chi connectivity index (χ0n) is 27.9. The number of pyridine rings is 1. The molecule has 243 valence electrons. The smallest absolute Gasteiger partial charge is 0.164 e. The Bertz CT molecular complexity index is 2260. The van der Waals surface area contributed by atoms with E-state index in [4.69, 9.17) is 4.98 Å². The van der Waals surface area contributed by atoms with Crippen molar-refractivity contribution in [2.24, 2.45) is 10.8 Å². The Balaban J connectivity index is 0.000000267. The molecule has 47 heavy (non-hydrogen) atoms. The summed E-state index contributed by atoms with van der Waals surface area (Å²) in [5, 5.41) is 17.3. The third-order valence-electron chi connectivity index (χ3n) is 9.05. The molecule has 1 heterocycles. The molecule has 6 heteroatoms. The Morgan fingerprint density at radius 1 is 0.787 bits per heavy atom. The average molecular weight is 807 g/mol. The van der Waals surface area contributed by atoms with E-state index in [1.807, 2.05) is 78.1 Å². The van der Waals surface area contributed by atoms with Crippen molar-refractivity contribution < 1.29 is 38.8 Å². The van der Waals surface area contributed by atoms with Gasteiger partial charge in [0.15, 0.2) is 17.4 Å². The summed E-state index contributed by atoms with van der Waals surface area (Å²) in [6, 6.07) is 24.8. The van der Waals surface area contributed by atoms with Crippen LogP contribution in [0.1, 0.15) is 66.5 Å². The van der Waals surface area contributed by atoms with E-state index in [0.29, 0.717) is 5.39 Å². The van der Waals surface area contributed by atoms with Gasteiger partial charge in [-0.05, 0) is 61.5 Å². The summed E-state index contributed by atoms with van der Waals surface area (Å²) in [5.74, 6) is -1.55. The molecule has 0 aliphatic heterocycles. The Kier molecular flexibility index (Phi) is 8.71. The first kappa shape index (κ1) is 34.3. The van der Waals surface area contributed by atoms with E-state index in [2.05, 4.69) is 44.2 Å². The number of aromatic nitrogens is 1. The molecule has 0 saturated carbocycles. The van der Waals surface area contributed by atoms with Crippen LogP contribution in [0.15, 0.2) is 84.8 Å². The maximum absolute atomic E-state index is 14.3. The van der Waals surface area contributed by atoms with Gasteiger partial charge in [-0.25, -0.2) is 8.78 Å². The van der Waals surface area contributed by atoms with Crippen molar-refractivity contribution in [3.63, 3.8) is 0 Å². The van der Waals surface area contributed by atoms with E-state index < -0.39 is 17.0 Å². The molecule has 0 amide bonds. The zero-order chi connectivity index (χ0) is 33.3. The molecule has 0 unspecified atom stereocenters. The van der Waals surface area contributed by atoms with Gasteiger partial charge in [0.2, 0.25) is 0 Å². The molecule has 0 saturated heterocycles. The summed E-state index contributed by atoms with van der Waals surface area (Å²) in [6.45, 7) is 15.6. The number of hydrogen-bond acceptors (Lipinski definition) is 3. The number of hydrogen-bond donors (Lipinski definition) is 1. The topological polar surface area (TPSA) is 50.2 Å². The van der Waals surface area contributed by atoms with Gasteiger partial charge >= 0.3 is 0 Å². The minimum atomic E-state index is -0.829. The van der Waals surface area contributed by atoms with Gasteiger partial charge in [-0.1, -0.05) is 108 Å². The summed E-state index contributed by atoms with van der Waals surface area (Å²) in [4.78, 5) is 16.3. The fraction of sp³-hybridized carbons (Fsp3) is 0.268. The predicted molar refractivity (Wildman–Crippen MR) is 185 cm³/mol. The van der Waals surface area contributed by atoms with Gasteiger partial charge < -0.3 is 5.11 Å². The van der Waals surface area contributed by atoms with Crippen LogP contribution in [0, 0.1) is 28.5 Å². The molecule has 0 atom stereocenters. The van der Waals surface area contributed by atoms with Crippen LogP contribution in [-0.2, 0) is 30.3 Å². The van der Waals surface area contributed by atoms with Crippen LogP contribution in [0.2, 0.25) is 0 Å². The van der Waals surface area contributed by atoms with E-state index in [1.54, 1.807) is 0 Å². The van der Waals surface area contributed by atoms with Crippen molar-refractivity contribution in [2.75, 3.05) is 0 Å². The van der Waals surface area contributed by atoms with Crippen LogP contribution in [0.25, 0.3) is 54.3 Å². The van der Waals surface area contributed by atoms with Gasteiger partial charge in [0.1, 0.15) is 5.76 Å². The van der Waals surface area contributed by atoms with Crippen molar-refractivity contribution in [2.45, 2.75) is 60.8 Å². The van der Waals surface area contributed by atoms with Crippen molar-refractivity contribution in [1.29, 1.82) is 0 Å². The molecule has 1 aliphatic rings. The van der Waals surface area contributed by atoms with Crippen molar-refractivity contribution in [1.82, 2.24) is 4.98 Å². The minimum Gasteiger partial charge on any atom is -0.512 e. The van der Waals surface area contributed by atoms with E-state index in [9.17, 15) is 18.7 Å². The summed E-state index contributed by atoms with van der Waals surface area (Å²) >= 11 is 0. The molecule has 1 radical (unpaired) electrons. The number of fused-ring (bicyclic) bond motifs is 7. The van der Waals surface area contributed by atoms with E-state index in [1.165, 1.54) is 23.8 Å². The second kappa shape index (κ2) is 11.9. The van der Waals surface area contributed by atoms with Crippen molar-refractivity contribution in [3.05, 3.63) is 114 Å². The number of allylic oxidation sites excluding steroid dienone is 2. The first-order chi connectivity index (χ1) is 21.5. The van der Waals surface area contributed by atoms with Crippen molar-refractivity contribution in [3.8, 4) is 11.3 Å². The molecular weight excluding hydrogens is 769 g/mol. The van der Waals surface area contributed by atoms with Crippen LogP contribution < -0.4 is 0 Å². The second-order valence-corrected chi connectivity index (χ2v) is 14.8. The number of halogens is 2.